The number of rotatable bonds is 6. The van der Waals surface area contributed by atoms with Gasteiger partial charge in [0.25, 0.3) is 0 Å². The van der Waals surface area contributed by atoms with Gasteiger partial charge in [0, 0.05) is 18.2 Å². The summed E-state index contributed by atoms with van der Waals surface area (Å²) in [6, 6.07) is 14.7. The molecule has 3 aromatic rings. The van der Waals surface area contributed by atoms with E-state index in [1.165, 1.54) is 11.1 Å². The number of oxime groups is 1. The summed E-state index contributed by atoms with van der Waals surface area (Å²) in [4.78, 5) is 9.89. The van der Waals surface area contributed by atoms with Gasteiger partial charge in [0.15, 0.2) is 6.10 Å². The third-order valence-corrected chi connectivity index (χ3v) is 4.36. The van der Waals surface area contributed by atoms with Crippen LogP contribution in [0, 0.1) is 0 Å². The highest BCUT2D eigenvalue weighted by molar-refractivity contribution is 6.42. The third-order valence-electron chi connectivity index (χ3n) is 3.62. The minimum atomic E-state index is -0.557. The topological polar surface area (TPSA) is 59.6 Å². The van der Waals surface area contributed by atoms with Crippen molar-refractivity contribution < 1.29 is 10.0 Å². The first-order valence-electron chi connectivity index (χ1n) is 7.54. The zero-order valence-corrected chi connectivity index (χ0v) is 14.6. The first-order chi connectivity index (χ1) is 12.2. The van der Waals surface area contributed by atoms with Gasteiger partial charge in [0.1, 0.15) is 12.0 Å². The molecule has 5 nitrogen and oxygen atoms in total. The van der Waals surface area contributed by atoms with E-state index >= 15 is 0 Å². The van der Waals surface area contributed by atoms with Crippen molar-refractivity contribution in [3.63, 3.8) is 0 Å². The first kappa shape index (κ1) is 17.3. The molecule has 0 aliphatic heterocycles. The molecule has 0 saturated heterocycles. The van der Waals surface area contributed by atoms with Gasteiger partial charge in [-0.3, -0.25) is 0 Å². The zero-order valence-electron chi connectivity index (χ0n) is 13.1. The van der Waals surface area contributed by atoms with Crippen LogP contribution in [-0.4, -0.2) is 26.7 Å². The van der Waals surface area contributed by atoms with Crippen LogP contribution >= 0.6 is 23.2 Å². The van der Waals surface area contributed by atoms with Gasteiger partial charge in [-0.2, -0.15) is 4.73 Å². The van der Waals surface area contributed by atoms with Gasteiger partial charge in [0.05, 0.1) is 16.2 Å². The van der Waals surface area contributed by atoms with Gasteiger partial charge in [-0.25, -0.2) is 4.98 Å². The second-order valence-electron chi connectivity index (χ2n) is 5.32. The Labute approximate surface area is 155 Å². The molecular formula is C18H15Cl2N3O2. The van der Waals surface area contributed by atoms with Gasteiger partial charge in [-0.15, -0.1) is 0 Å². The van der Waals surface area contributed by atoms with Crippen LogP contribution in [0.2, 0.25) is 10.0 Å². The second-order valence-corrected chi connectivity index (χ2v) is 6.13. The number of imidazole rings is 1. The minimum absolute atomic E-state index is 0.403. The largest absolute Gasteiger partial charge is 0.411 e. The van der Waals surface area contributed by atoms with Crippen molar-refractivity contribution in [3.05, 3.63) is 88.4 Å². The quantitative estimate of drug-likeness (QED) is 0.400. The number of hydrogen-bond donors (Lipinski definition) is 1. The smallest absolute Gasteiger partial charge is 0.175 e. The zero-order chi connectivity index (χ0) is 17.6. The highest BCUT2D eigenvalue weighted by Crippen LogP contribution is 2.24. The number of nitrogens with zero attached hydrogens (tertiary/aromatic N) is 3. The van der Waals surface area contributed by atoms with Gasteiger partial charge < -0.3 is 10.0 Å². The van der Waals surface area contributed by atoms with Gasteiger partial charge >= 0.3 is 0 Å². The Balaban J connectivity index is 1.92. The fourth-order valence-electron chi connectivity index (χ4n) is 2.44. The summed E-state index contributed by atoms with van der Waals surface area (Å²) < 4.78 is 1.47. The number of halogens is 2. The fourth-order valence-corrected chi connectivity index (χ4v) is 2.76. The molecule has 0 spiro atoms. The van der Waals surface area contributed by atoms with Crippen molar-refractivity contribution in [1.29, 1.82) is 0 Å². The molecule has 0 aliphatic rings. The van der Waals surface area contributed by atoms with Crippen molar-refractivity contribution >= 4 is 28.9 Å². The average Bonchev–Trinajstić information content (AvgIpc) is 3.13. The summed E-state index contributed by atoms with van der Waals surface area (Å²) in [5, 5.41) is 14.0. The maximum absolute atomic E-state index is 9.59. The highest BCUT2D eigenvalue weighted by atomic mass is 35.5. The third kappa shape index (κ3) is 4.32. The van der Waals surface area contributed by atoms with E-state index in [4.69, 9.17) is 28.0 Å². The fraction of sp³-hybridized carbons (Fsp3) is 0.111. The summed E-state index contributed by atoms with van der Waals surface area (Å²) in [5.41, 5.74) is 2.06. The minimum Gasteiger partial charge on any atom is -0.411 e. The molecule has 0 amide bonds. The van der Waals surface area contributed by atoms with Crippen molar-refractivity contribution in [2.45, 2.75) is 12.5 Å². The van der Waals surface area contributed by atoms with Crippen LogP contribution in [-0.2, 0) is 6.42 Å². The molecule has 128 valence electrons. The molecule has 0 bridgehead atoms. The maximum Gasteiger partial charge on any atom is 0.175 e. The van der Waals surface area contributed by atoms with E-state index in [2.05, 4.69) is 10.1 Å². The van der Waals surface area contributed by atoms with Crippen LogP contribution in [0.4, 0.5) is 0 Å². The molecule has 0 radical (unpaired) electrons. The van der Waals surface area contributed by atoms with Crippen LogP contribution in [0.15, 0.2) is 72.4 Å². The van der Waals surface area contributed by atoms with Crippen LogP contribution in [0.25, 0.3) is 0 Å². The maximum atomic E-state index is 9.59. The van der Waals surface area contributed by atoms with Crippen LogP contribution in [0.1, 0.15) is 11.1 Å². The summed E-state index contributed by atoms with van der Waals surface area (Å²) in [6.07, 6.45) is 4.68. The van der Waals surface area contributed by atoms with E-state index in [1.807, 2.05) is 36.4 Å². The SMILES string of the molecule is ON=C(c1ccccc1)C(Cc1ccc(Cl)c(Cl)c1)On1ccnc1. The molecule has 1 unspecified atom stereocenters. The Morgan fingerprint density at radius 3 is 2.60 bits per heavy atom. The van der Waals surface area contributed by atoms with E-state index in [0.29, 0.717) is 22.2 Å². The Morgan fingerprint density at radius 2 is 1.96 bits per heavy atom. The standard InChI is InChI=1S/C18H15Cl2N3O2/c19-15-7-6-13(10-16(15)20)11-17(25-23-9-8-21-12-23)18(22-24)14-4-2-1-3-5-14/h1-10,12,17,24H,11H2. The van der Waals surface area contributed by atoms with E-state index in [1.54, 1.807) is 24.5 Å². The Kier molecular flexibility index (Phi) is 5.58. The molecule has 1 N–H and O–H groups in total. The molecule has 25 heavy (non-hydrogen) atoms. The molecule has 1 heterocycles. The molecule has 1 aromatic heterocycles. The molecule has 1 atom stereocenters. The van der Waals surface area contributed by atoms with Crippen molar-refractivity contribution in [3.8, 4) is 0 Å². The van der Waals surface area contributed by atoms with Crippen molar-refractivity contribution in [1.82, 2.24) is 9.71 Å². The van der Waals surface area contributed by atoms with Crippen molar-refractivity contribution in [2.24, 2.45) is 5.16 Å². The number of aromatic nitrogens is 2. The Hall–Kier alpha value is -2.50. The van der Waals surface area contributed by atoms with Gasteiger partial charge in [0.2, 0.25) is 0 Å². The lowest BCUT2D eigenvalue weighted by Gasteiger charge is -2.20. The second kappa shape index (κ2) is 8.05. The molecule has 0 aliphatic carbocycles. The molecule has 7 heteroatoms. The number of benzene rings is 2. The summed E-state index contributed by atoms with van der Waals surface area (Å²) in [7, 11) is 0. The Bertz CT molecular complexity index is 852. The first-order valence-corrected chi connectivity index (χ1v) is 8.29. The molecule has 0 fully saturated rings. The van der Waals surface area contributed by atoms with E-state index in [-0.39, 0.29) is 0 Å². The van der Waals surface area contributed by atoms with Crippen LogP contribution in [0.5, 0.6) is 0 Å². The average molecular weight is 376 g/mol. The highest BCUT2D eigenvalue weighted by Gasteiger charge is 2.22. The van der Waals surface area contributed by atoms with Crippen LogP contribution < -0.4 is 4.84 Å². The Morgan fingerprint density at radius 1 is 1.16 bits per heavy atom. The summed E-state index contributed by atoms with van der Waals surface area (Å²) >= 11 is 12.1. The van der Waals surface area contributed by atoms with E-state index < -0.39 is 6.10 Å². The van der Waals surface area contributed by atoms with Crippen molar-refractivity contribution in [2.75, 3.05) is 0 Å². The lowest BCUT2D eigenvalue weighted by atomic mass is 9.99. The lowest BCUT2D eigenvalue weighted by molar-refractivity contribution is 0.0751. The molecule has 2 aromatic carbocycles. The van der Waals surface area contributed by atoms with E-state index in [0.717, 1.165) is 11.1 Å². The predicted octanol–water partition coefficient (Wildman–Crippen LogP) is 4.11. The molecule has 0 saturated carbocycles. The monoisotopic (exact) mass is 375 g/mol. The predicted molar refractivity (Wildman–Crippen MR) is 97.5 cm³/mol. The number of hydrogen-bond acceptors (Lipinski definition) is 4. The van der Waals surface area contributed by atoms with Gasteiger partial charge in [-0.05, 0) is 17.7 Å². The van der Waals surface area contributed by atoms with Gasteiger partial charge in [-0.1, -0.05) is 64.8 Å². The summed E-state index contributed by atoms with van der Waals surface area (Å²) in [5.74, 6) is 0. The molecule has 3 rings (SSSR count). The van der Waals surface area contributed by atoms with E-state index in [9.17, 15) is 5.21 Å². The summed E-state index contributed by atoms with van der Waals surface area (Å²) in [6.45, 7) is 0. The van der Waals surface area contributed by atoms with Crippen LogP contribution in [0.3, 0.4) is 0 Å². The molecular weight excluding hydrogens is 361 g/mol. The lowest BCUT2D eigenvalue weighted by Crippen LogP contribution is -2.35. The normalized spacial score (nSPS) is 12.8.